The molecule has 0 aliphatic heterocycles. The molecule has 0 bridgehead atoms. The van der Waals surface area contributed by atoms with Crippen molar-refractivity contribution in [2.24, 2.45) is 0 Å². The molecule has 110 valence electrons. The highest BCUT2D eigenvalue weighted by Gasteiger charge is 2.18. The first-order valence-electron chi connectivity index (χ1n) is 7.40. The maximum absolute atomic E-state index is 12.6. The van der Waals surface area contributed by atoms with Gasteiger partial charge in [-0.2, -0.15) is 5.10 Å². The van der Waals surface area contributed by atoms with Crippen molar-refractivity contribution in [2.75, 3.05) is 0 Å². The summed E-state index contributed by atoms with van der Waals surface area (Å²) < 4.78 is 3.11. The zero-order valence-corrected chi connectivity index (χ0v) is 12.0. The molecule has 4 rings (SSSR count). The van der Waals surface area contributed by atoms with Crippen LogP contribution in [0.5, 0.6) is 0 Å². The first kappa shape index (κ1) is 12.9. The molecule has 0 radical (unpaired) electrons. The summed E-state index contributed by atoms with van der Waals surface area (Å²) >= 11 is 0. The number of allylic oxidation sites excluding steroid dienone is 2. The van der Waals surface area contributed by atoms with E-state index >= 15 is 0 Å². The highest BCUT2D eigenvalue weighted by atomic mass is 16.1. The van der Waals surface area contributed by atoms with Crippen molar-refractivity contribution < 1.29 is 0 Å². The Labute approximate surface area is 126 Å². The third-order valence-electron chi connectivity index (χ3n) is 3.96. The molecular weight excluding hydrogens is 278 g/mol. The number of rotatable bonds is 2. The van der Waals surface area contributed by atoms with E-state index in [1.807, 2.05) is 36.4 Å². The fourth-order valence-corrected chi connectivity index (χ4v) is 2.82. The molecule has 0 fully saturated rings. The van der Waals surface area contributed by atoms with Crippen LogP contribution in [0.25, 0.3) is 16.7 Å². The van der Waals surface area contributed by atoms with Gasteiger partial charge in [-0.15, -0.1) is 5.10 Å². The van der Waals surface area contributed by atoms with Crippen molar-refractivity contribution >= 4 is 11.0 Å². The van der Waals surface area contributed by atoms with Crippen molar-refractivity contribution in [3.63, 3.8) is 0 Å². The maximum Gasteiger partial charge on any atom is 0.281 e. The standard InChI is InChI=1S/C16H15N5O/c22-16-14-11-17-20(12-7-3-1-4-8-12)15(14)18-19-21(16)13-9-5-2-6-10-13/h1,3-5,7-9,11,13H,2,6,10H2. The van der Waals surface area contributed by atoms with Crippen LogP contribution in [0.4, 0.5) is 0 Å². The monoisotopic (exact) mass is 293 g/mol. The molecule has 1 aliphatic carbocycles. The Bertz CT molecular complexity index is 894. The zero-order valence-electron chi connectivity index (χ0n) is 12.0. The minimum Gasteiger partial charge on any atom is -0.267 e. The average Bonchev–Trinajstić information content (AvgIpc) is 3.02. The molecule has 2 heterocycles. The van der Waals surface area contributed by atoms with Crippen molar-refractivity contribution in [2.45, 2.75) is 25.3 Å². The number of para-hydroxylation sites is 1. The van der Waals surface area contributed by atoms with Crippen LogP contribution in [0, 0.1) is 0 Å². The highest BCUT2D eigenvalue weighted by Crippen LogP contribution is 2.20. The number of fused-ring (bicyclic) bond motifs is 1. The van der Waals surface area contributed by atoms with Crippen molar-refractivity contribution in [3.05, 3.63) is 59.0 Å². The normalized spacial score (nSPS) is 17.9. The third kappa shape index (κ3) is 2.04. The molecule has 0 N–H and O–H groups in total. The van der Waals surface area contributed by atoms with Crippen molar-refractivity contribution in [1.29, 1.82) is 0 Å². The predicted molar refractivity (Wildman–Crippen MR) is 82.9 cm³/mol. The number of benzene rings is 1. The largest absolute Gasteiger partial charge is 0.281 e. The summed E-state index contributed by atoms with van der Waals surface area (Å²) in [6, 6.07) is 9.61. The molecule has 2 aromatic heterocycles. The first-order chi connectivity index (χ1) is 10.8. The van der Waals surface area contributed by atoms with Gasteiger partial charge in [-0.3, -0.25) is 4.79 Å². The number of hydrogen-bond donors (Lipinski definition) is 0. The molecule has 0 amide bonds. The molecule has 0 spiro atoms. The van der Waals surface area contributed by atoms with Crippen LogP contribution in [0.3, 0.4) is 0 Å². The lowest BCUT2D eigenvalue weighted by Gasteiger charge is -2.16. The van der Waals surface area contributed by atoms with Crippen LogP contribution < -0.4 is 5.56 Å². The Morgan fingerprint density at radius 3 is 2.82 bits per heavy atom. The number of aromatic nitrogens is 5. The van der Waals surface area contributed by atoms with Crippen LogP contribution in [-0.2, 0) is 0 Å². The predicted octanol–water partition coefficient (Wildman–Crippen LogP) is 2.26. The second-order valence-electron chi connectivity index (χ2n) is 5.39. The van der Waals surface area contributed by atoms with Gasteiger partial charge in [0.1, 0.15) is 5.39 Å². The number of nitrogens with zero attached hydrogens (tertiary/aromatic N) is 5. The van der Waals surface area contributed by atoms with Gasteiger partial charge in [0, 0.05) is 0 Å². The van der Waals surface area contributed by atoms with E-state index in [4.69, 9.17) is 0 Å². The summed E-state index contributed by atoms with van der Waals surface area (Å²) in [6.07, 6.45) is 8.75. The van der Waals surface area contributed by atoms with E-state index in [9.17, 15) is 4.79 Å². The van der Waals surface area contributed by atoms with E-state index in [2.05, 4.69) is 21.5 Å². The van der Waals surface area contributed by atoms with Gasteiger partial charge in [0.05, 0.1) is 17.9 Å². The quantitative estimate of drug-likeness (QED) is 0.680. The van der Waals surface area contributed by atoms with Crippen LogP contribution in [0.15, 0.2) is 53.5 Å². The van der Waals surface area contributed by atoms with E-state index in [0.29, 0.717) is 11.0 Å². The van der Waals surface area contributed by atoms with Gasteiger partial charge in [-0.05, 0) is 31.4 Å². The molecule has 1 atom stereocenters. The minimum absolute atomic E-state index is 0.00164. The molecule has 0 saturated heterocycles. The minimum atomic E-state index is -0.135. The van der Waals surface area contributed by atoms with Crippen molar-refractivity contribution in [1.82, 2.24) is 24.8 Å². The molecule has 1 aliphatic rings. The van der Waals surface area contributed by atoms with Gasteiger partial charge in [-0.25, -0.2) is 9.36 Å². The van der Waals surface area contributed by atoms with Gasteiger partial charge in [0.2, 0.25) is 0 Å². The van der Waals surface area contributed by atoms with E-state index in [1.165, 1.54) is 4.68 Å². The van der Waals surface area contributed by atoms with Gasteiger partial charge in [-0.1, -0.05) is 35.6 Å². The molecule has 6 nitrogen and oxygen atoms in total. The maximum atomic E-state index is 12.6. The summed E-state index contributed by atoms with van der Waals surface area (Å²) in [4.78, 5) is 12.6. The zero-order chi connectivity index (χ0) is 14.9. The molecule has 3 aromatic rings. The van der Waals surface area contributed by atoms with Crippen LogP contribution >= 0.6 is 0 Å². The topological polar surface area (TPSA) is 65.6 Å². The van der Waals surface area contributed by atoms with Gasteiger partial charge >= 0.3 is 0 Å². The average molecular weight is 293 g/mol. The Hall–Kier alpha value is -2.76. The molecular formula is C16H15N5O. The van der Waals surface area contributed by atoms with E-state index in [0.717, 1.165) is 24.9 Å². The third-order valence-corrected chi connectivity index (χ3v) is 3.96. The smallest absolute Gasteiger partial charge is 0.267 e. The first-order valence-corrected chi connectivity index (χ1v) is 7.40. The van der Waals surface area contributed by atoms with Gasteiger partial charge in [0.25, 0.3) is 5.56 Å². The fourth-order valence-electron chi connectivity index (χ4n) is 2.82. The number of hydrogen-bond acceptors (Lipinski definition) is 4. The van der Waals surface area contributed by atoms with Crippen LogP contribution in [-0.4, -0.2) is 24.8 Å². The van der Waals surface area contributed by atoms with E-state index in [1.54, 1.807) is 10.9 Å². The lowest BCUT2D eigenvalue weighted by molar-refractivity contribution is 0.438. The summed E-state index contributed by atoms with van der Waals surface area (Å²) in [5.74, 6) is 0. The van der Waals surface area contributed by atoms with Crippen LogP contribution in [0.2, 0.25) is 0 Å². The molecule has 22 heavy (non-hydrogen) atoms. The summed E-state index contributed by atoms with van der Waals surface area (Å²) in [5, 5.41) is 13.2. The molecule has 0 saturated carbocycles. The Kier molecular flexibility index (Phi) is 3.07. The van der Waals surface area contributed by atoms with Crippen molar-refractivity contribution in [3.8, 4) is 5.69 Å². The molecule has 1 aromatic carbocycles. The molecule has 6 heteroatoms. The second-order valence-corrected chi connectivity index (χ2v) is 5.39. The highest BCUT2D eigenvalue weighted by molar-refractivity contribution is 5.74. The molecule has 1 unspecified atom stereocenters. The Balaban J connectivity index is 1.86. The fraction of sp³-hybridized carbons (Fsp3) is 0.250. The summed E-state index contributed by atoms with van der Waals surface area (Å²) in [5.41, 5.74) is 1.22. The SMILES string of the molecule is O=c1c2cnn(-c3ccccc3)c2nnn1C1C=CCCC1. The lowest BCUT2D eigenvalue weighted by atomic mass is 10.0. The van der Waals surface area contributed by atoms with Gasteiger partial charge < -0.3 is 0 Å². The Morgan fingerprint density at radius 1 is 1.18 bits per heavy atom. The van der Waals surface area contributed by atoms with Crippen LogP contribution in [0.1, 0.15) is 25.3 Å². The van der Waals surface area contributed by atoms with Gasteiger partial charge in [0.15, 0.2) is 5.65 Å². The van der Waals surface area contributed by atoms with E-state index in [-0.39, 0.29) is 11.6 Å². The Morgan fingerprint density at radius 2 is 2.05 bits per heavy atom. The summed E-state index contributed by atoms with van der Waals surface area (Å²) in [7, 11) is 0. The summed E-state index contributed by atoms with van der Waals surface area (Å²) in [6.45, 7) is 0. The second kappa shape index (κ2) is 5.22. The lowest BCUT2D eigenvalue weighted by Crippen LogP contribution is -2.28. The van der Waals surface area contributed by atoms with E-state index < -0.39 is 0 Å².